The minimum absolute atomic E-state index is 0.143. The molecule has 1 atom stereocenters. The van der Waals surface area contributed by atoms with E-state index in [4.69, 9.17) is 23.2 Å². The lowest BCUT2D eigenvalue weighted by molar-refractivity contribution is -0.139. The second-order valence-corrected chi connectivity index (χ2v) is 6.98. The predicted molar refractivity (Wildman–Crippen MR) is 105 cm³/mol. The van der Waals surface area contributed by atoms with Gasteiger partial charge in [-0.15, -0.1) is 0 Å². The number of nitrogens with zero attached hydrogens (tertiary/aromatic N) is 1. The van der Waals surface area contributed by atoms with Gasteiger partial charge >= 0.3 is 0 Å². The van der Waals surface area contributed by atoms with Gasteiger partial charge in [0.15, 0.2) is 0 Å². The molecule has 2 rings (SSSR count). The van der Waals surface area contributed by atoms with E-state index in [2.05, 4.69) is 5.32 Å². The van der Waals surface area contributed by atoms with Gasteiger partial charge in [-0.1, -0.05) is 53.5 Å². The highest BCUT2D eigenvalue weighted by atomic mass is 35.5. The van der Waals surface area contributed by atoms with Crippen molar-refractivity contribution in [2.75, 3.05) is 7.05 Å². The highest BCUT2D eigenvalue weighted by molar-refractivity contribution is 6.42. The molecule has 2 aromatic rings. The standard InChI is InChI=1S/C20H22Cl2N2O2/c1-13-6-4-5-7-16(13)12-24(14(2)20(26)23-3)19(25)11-15-8-9-17(21)18(22)10-15/h4-10,14H,11-12H2,1-3H3,(H,23,26). The monoisotopic (exact) mass is 392 g/mol. The van der Waals surface area contributed by atoms with E-state index in [0.717, 1.165) is 16.7 Å². The van der Waals surface area contributed by atoms with Gasteiger partial charge < -0.3 is 10.2 Å². The number of halogens is 2. The average molecular weight is 393 g/mol. The molecule has 0 fully saturated rings. The molecule has 2 amide bonds. The Morgan fingerprint density at radius 1 is 1.12 bits per heavy atom. The molecule has 0 bridgehead atoms. The van der Waals surface area contributed by atoms with E-state index in [9.17, 15) is 9.59 Å². The van der Waals surface area contributed by atoms with Crippen molar-refractivity contribution in [3.8, 4) is 0 Å². The number of hydrogen-bond acceptors (Lipinski definition) is 2. The van der Waals surface area contributed by atoms with E-state index in [1.807, 2.05) is 31.2 Å². The predicted octanol–water partition coefficient (Wildman–Crippen LogP) is 4.01. The van der Waals surface area contributed by atoms with E-state index < -0.39 is 6.04 Å². The molecule has 26 heavy (non-hydrogen) atoms. The molecular weight excluding hydrogens is 371 g/mol. The topological polar surface area (TPSA) is 49.4 Å². The van der Waals surface area contributed by atoms with Crippen molar-refractivity contribution in [1.29, 1.82) is 0 Å². The van der Waals surface area contributed by atoms with Crippen LogP contribution in [0.15, 0.2) is 42.5 Å². The maximum atomic E-state index is 13.0. The van der Waals surface area contributed by atoms with Gasteiger partial charge in [-0.3, -0.25) is 9.59 Å². The molecule has 4 nitrogen and oxygen atoms in total. The van der Waals surface area contributed by atoms with Crippen molar-refractivity contribution in [2.45, 2.75) is 32.9 Å². The molecule has 138 valence electrons. The van der Waals surface area contributed by atoms with E-state index in [1.165, 1.54) is 0 Å². The molecule has 0 saturated heterocycles. The summed E-state index contributed by atoms with van der Waals surface area (Å²) in [5.74, 6) is -0.358. The first-order valence-electron chi connectivity index (χ1n) is 8.33. The number of amides is 2. The number of benzene rings is 2. The summed E-state index contributed by atoms with van der Waals surface area (Å²) in [6.07, 6.45) is 0.143. The molecule has 0 aliphatic rings. The van der Waals surface area contributed by atoms with Gasteiger partial charge in [-0.25, -0.2) is 0 Å². The molecule has 1 N–H and O–H groups in total. The van der Waals surface area contributed by atoms with Crippen LogP contribution in [-0.2, 0) is 22.6 Å². The van der Waals surface area contributed by atoms with Crippen LogP contribution >= 0.6 is 23.2 Å². The second-order valence-electron chi connectivity index (χ2n) is 6.16. The second kappa shape index (κ2) is 9.06. The van der Waals surface area contributed by atoms with Crippen LogP contribution in [0.1, 0.15) is 23.6 Å². The van der Waals surface area contributed by atoms with Crippen molar-refractivity contribution in [3.63, 3.8) is 0 Å². The molecule has 0 heterocycles. The fourth-order valence-corrected chi connectivity index (χ4v) is 3.01. The first-order chi connectivity index (χ1) is 12.3. The third kappa shape index (κ3) is 4.99. The molecular formula is C20H22Cl2N2O2. The van der Waals surface area contributed by atoms with Crippen molar-refractivity contribution in [3.05, 3.63) is 69.2 Å². The Morgan fingerprint density at radius 2 is 1.81 bits per heavy atom. The van der Waals surface area contributed by atoms with E-state index >= 15 is 0 Å². The molecule has 0 radical (unpaired) electrons. The third-order valence-electron chi connectivity index (χ3n) is 4.36. The number of nitrogens with one attached hydrogen (secondary N) is 1. The molecule has 6 heteroatoms. The smallest absolute Gasteiger partial charge is 0.242 e. The van der Waals surface area contributed by atoms with Crippen LogP contribution in [0.3, 0.4) is 0 Å². The summed E-state index contributed by atoms with van der Waals surface area (Å²) in [6.45, 7) is 4.08. The lowest BCUT2D eigenvalue weighted by Crippen LogP contribution is -2.47. The fourth-order valence-electron chi connectivity index (χ4n) is 2.69. The summed E-state index contributed by atoms with van der Waals surface area (Å²) in [5.41, 5.74) is 2.83. The van der Waals surface area contributed by atoms with Crippen LogP contribution in [-0.4, -0.2) is 29.8 Å². The van der Waals surface area contributed by atoms with Crippen LogP contribution in [0.2, 0.25) is 10.0 Å². The Morgan fingerprint density at radius 3 is 2.42 bits per heavy atom. The van der Waals surface area contributed by atoms with Gasteiger partial charge in [0.25, 0.3) is 0 Å². The van der Waals surface area contributed by atoms with Crippen molar-refractivity contribution in [1.82, 2.24) is 10.2 Å². The van der Waals surface area contributed by atoms with Crippen LogP contribution in [0.4, 0.5) is 0 Å². The molecule has 2 aromatic carbocycles. The third-order valence-corrected chi connectivity index (χ3v) is 5.09. The van der Waals surface area contributed by atoms with E-state index in [-0.39, 0.29) is 18.2 Å². The SMILES string of the molecule is CNC(=O)C(C)N(Cc1ccccc1C)C(=O)Cc1ccc(Cl)c(Cl)c1. The van der Waals surface area contributed by atoms with Gasteiger partial charge in [0, 0.05) is 13.6 Å². The summed E-state index contributed by atoms with van der Waals surface area (Å²) in [6, 6.07) is 12.3. The number of hydrogen-bond donors (Lipinski definition) is 1. The number of carbonyl (C=O) groups excluding carboxylic acids is 2. The Kier molecular flexibility index (Phi) is 7.06. The maximum Gasteiger partial charge on any atom is 0.242 e. The van der Waals surface area contributed by atoms with Crippen LogP contribution in [0, 0.1) is 6.92 Å². The summed E-state index contributed by atoms with van der Waals surface area (Å²) < 4.78 is 0. The molecule has 0 aliphatic carbocycles. The number of aryl methyl sites for hydroxylation is 1. The summed E-state index contributed by atoms with van der Waals surface area (Å²) in [5, 5.41) is 3.46. The zero-order valence-corrected chi connectivity index (χ0v) is 16.6. The maximum absolute atomic E-state index is 13.0. The zero-order valence-electron chi connectivity index (χ0n) is 15.1. The van der Waals surface area contributed by atoms with Gasteiger partial charge in [0.1, 0.15) is 6.04 Å². The van der Waals surface area contributed by atoms with Crippen LogP contribution < -0.4 is 5.32 Å². The molecule has 0 aromatic heterocycles. The van der Waals surface area contributed by atoms with Gasteiger partial charge in [0.05, 0.1) is 16.5 Å². The Balaban J connectivity index is 2.26. The quantitative estimate of drug-likeness (QED) is 0.806. The molecule has 0 aliphatic heterocycles. The van der Waals surface area contributed by atoms with E-state index in [0.29, 0.717) is 16.6 Å². The Labute approximate surface area is 164 Å². The summed E-state index contributed by atoms with van der Waals surface area (Å²) in [7, 11) is 1.56. The normalized spacial score (nSPS) is 11.7. The Hall–Kier alpha value is -2.04. The van der Waals surface area contributed by atoms with Gasteiger partial charge in [0.2, 0.25) is 11.8 Å². The van der Waals surface area contributed by atoms with Crippen molar-refractivity contribution < 1.29 is 9.59 Å². The summed E-state index contributed by atoms with van der Waals surface area (Å²) in [4.78, 5) is 26.7. The number of carbonyl (C=O) groups is 2. The van der Waals surface area contributed by atoms with E-state index in [1.54, 1.807) is 37.1 Å². The highest BCUT2D eigenvalue weighted by Gasteiger charge is 2.26. The first-order valence-corrected chi connectivity index (χ1v) is 9.08. The number of rotatable bonds is 6. The van der Waals surface area contributed by atoms with Crippen LogP contribution in [0.5, 0.6) is 0 Å². The lowest BCUT2D eigenvalue weighted by atomic mass is 10.1. The van der Waals surface area contributed by atoms with Crippen molar-refractivity contribution in [2.24, 2.45) is 0 Å². The van der Waals surface area contributed by atoms with Gasteiger partial charge in [-0.2, -0.15) is 0 Å². The lowest BCUT2D eigenvalue weighted by Gasteiger charge is -2.29. The van der Waals surface area contributed by atoms with Gasteiger partial charge in [-0.05, 0) is 42.7 Å². The first kappa shape index (κ1) is 20.3. The largest absolute Gasteiger partial charge is 0.357 e. The average Bonchev–Trinajstić information content (AvgIpc) is 2.62. The number of likely N-dealkylation sites (N-methyl/N-ethyl adjacent to an activating group) is 1. The summed E-state index contributed by atoms with van der Waals surface area (Å²) >= 11 is 12.0. The van der Waals surface area contributed by atoms with Crippen molar-refractivity contribution >= 4 is 35.0 Å². The molecule has 0 saturated carbocycles. The fraction of sp³-hybridized carbons (Fsp3) is 0.300. The minimum atomic E-state index is -0.588. The zero-order chi connectivity index (χ0) is 19.3. The minimum Gasteiger partial charge on any atom is -0.357 e. The molecule has 0 spiro atoms. The Bertz CT molecular complexity index is 808. The highest BCUT2D eigenvalue weighted by Crippen LogP contribution is 2.23. The molecule has 1 unspecified atom stereocenters. The van der Waals surface area contributed by atoms with Crippen LogP contribution in [0.25, 0.3) is 0 Å².